The first kappa shape index (κ1) is 23.2. The van der Waals surface area contributed by atoms with Crippen molar-refractivity contribution in [2.45, 2.75) is 40.3 Å². The van der Waals surface area contributed by atoms with Crippen molar-refractivity contribution in [3.8, 4) is 5.75 Å². The number of benzene rings is 1. The number of aromatic nitrogens is 1. The standard InChI is InChI=1S/C19H28N4O3.HI/c1-5-20-19(22-11-18-23-14(3)15(4)26-18)21-10-16(24)12-25-17-8-6-7-13(2)9-17;/h6-9,16,24H,5,10-12H2,1-4H3,(H2,20,21,22);1H. The second-order valence-electron chi connectivity index (χ2n) is 6.11. The van der Waals surface area contributed by atoms with Crippen molar-refractivity contribution in [3.05, 3.63) is 47.2 Å². The van der Waals surface area contributed by atoms with Gasteiger partial charge >= 0.3 is 0 Å². The molecule has 0 aliphatic carbocycles. The van der Waals surface area contributed by atoms with Gasteiger partial charge in [-0.25, -0.2) is 9.98 Å². The number of aliphatic imine (C=N–C) groups is 1. The molecule has 0 aliphatic heterocycles. The zero-order valence-corrected chi connectivity index (χ0v) is 18.6. The molecular weight excluding hydrogens is 459 g/mol. The number of nitrogens with zero attached hydrogens (tertiary/aromatic N) is 2. The van der Waals surface area contributed by atoms with Crippen LogP contribution in [0.1, 0.15) is 29.8 Å². The Morgan fingerprint density at radius 1 is 1.30 bits per heavy atom. The van der Waals surface area contributed by atoms with Crippen LogP contribution in [-0.2, 0) is 6.54 Å². The summed E-state index contributed by atoms with van der Waals surface area (Å²) in [6, 6.07) is 7.74. The largest absolute Gasteiger partial charge is 0.491 e. The smallest absolute Gasteiger partial charge is 0.216 e. The number of hydrogen-bond acceptors (Lipinski definition) is 5. The molecule has 0 radical (unpaired) electrons. The van der Waals surface area contributed by atoms with Gasteiger partial charge in [0.1, 0.15) is 30.8 Å². The molecule has 0 bridgehead atoms. The molecule has 1 heterocycles. The Morgan fingerprint density at radius 2 is 2.07 bits per heavy atom. The number of hydrogen-bond donors (Lipinski definition) is 3. The van der Waals surface area contributed by atoms with E-state index < -0.39 is 6.10 Å². The van der Waals surface area contributed by atoms with Crippen molar-refractivity contribution in [1.82, 2.24) is 15.6 Å². The molecule has 27 heavy (non-hydrogen) atoms. The Balaban J connectivity index is 0.00000364. The summed E-state index contributed by atoms with van der Waals surface area (Å²) in [5.74, 6) is 2.72. The van der Waals surface area contributed by atoms with Crippen LogP contribution < -0.4 is 15.4 Å². The van der Waals surface area contributed by atoms with Gasteiger partial charge in [0.2, 0.25) is 5.89 Å². The molecule has 0 saturated heterocycles. The number of aliphatic hydroxyl groups excluding tert-OH is 1. The highest BCUT2D eigenvalue weighted by atomic mass is 127. The molecule has 1 unspecified atom stereocenters. The predicted octanol–water partition coefficient (Wildman–Crippen LogP) is 2.71. The first-order chi connectivity index (χ1) is 12.5. The fourth-order valence-electron chi connectivity index (χ4n) is 2.27. The third-order valence-corrected chi connectivity index (χ3v) is 3.73. The molecule has 1 atom stereocenters. The third kappa shape index (κ3) is 8.17. The predicted molar refractivity (Wildman–Crippen MR) is 117 cm³/mol. The molecule has 2 rings (SSSR count). The second kappa shape index (κ2) is 11.8. The summed E-state index contributed by atoms with van der Waals surface area (Å²) in [5, 5.41) is 16.3. The van der Waals surface area contributed by atoms with Gasteiger partial charge in [-0.1, -0.05) is 12.1 Å². The first-order valence-corrected chi connectivity index (χ1v) is 8.80. The molecule has 3 N–H and O–H groups in total. The van der Waals surface area contributed by atoms with Gasteiger partial charge in [-0.2, -0.15) is 0 Å². The van der Waals surface area contributed by atoms with E-state index in [0.717, 1.165) is 22.8 Å². The van der Waals surface area contributed by atoms with E-state index in [0.29, 0.717) is 31.5 Å². The topological polar surface area (TPSA) is 91.9 Å². The molecular formula is C19H29IN4O3. The van der Waals surface area contributed by atoms with Crippen LogP contribution in [0.25, 0.3) is 0 Å². The summed E-state index contributed by atoms with van der Waals surface area (Å²) in [4.78, 5) is 8.74. The van der Waals surface area contributed by atoms with E-state index in [-0.39, 0.29) is 30.6 Å². The quantitative estimate of drug-likeness (QED) is 0.301. The van der Waals surface area contributed by atoms with Crippen LogP contribution in [0.2, 0.25) is 0 Å². The molecule has 2 aromatic rings. The van der Waals surface area contributed by atoms with Crippen LogP contribution in [0.3, 0.4) is 0 Å². The summed E-state index contributed by atoms with van der Waals surface area (Å²) in [5.41, 5.74) is 1.99. The van der Waals surface area contributed by atoms with Crippen molar-refractivity contribution in [2.75, 3.05) is 19.7 Å². The highest BCUT2D eigenvalue weighted by molar-refractivity contribution is 14.0. The minimum Gasteiger partial charge on any atom is -0.491 e. The molecule has 1 aromatic heterocycles. The Bertz CT molecular complexity index is 714. The lowest BCUT2D eigenvalue weighted by atomic mass is 10.2. The average Bonchev–Trinajstić information content (AvgIpc) is 2.93. The van der Waals surface area contributed by atoms with Crippen LogP contribution in [-0.4, -0.2) is 41.9 Å². The Labute approximate surface area is 177 Å². The number of halogens is 1. The maximum atomic E-state index is 10.1. The van der Waals surface area contributed by atoms with Crippen molar-refractivity contribution in [2.24, 2.45) is 4.99 Å². The molecule has 1 aromatic carbocycles. The number of oxazole rings is 1. The molecule has 0 aliphatic rings. The van der Waals surface area contributed by atoms with Gasteiger partial charge in [0.05, 0.1) is 5.69 Å². The highest BCUT2D eigenvalue weighted by Gasteiger charge is 2.08. The van der Waals surface area contributed by atoms with Crippen molar-refractivity contribution < 1.29 is 14.3 Å². The van der Waals surface area contributed by atoms with Gasteiger partial charge in [0, 0.05) is 13.1 Å². The van der Waals surface area contributed by atoms with E-state index in [1.807, 2.05) is 52.0 Å². The van der Waals surface area contributed by atoms with Crippen LogP contribution in [0, 0.1) is 20.8 Å². The third-order valence-electron chi connectivity index (χ3n) is 3.73. The average molecular weight is 488 g/mol. The molecule has 0 amide bonds. The minimum atomic E-state index is -0.661. The number of aliphatic hydroxyl groups is 1. The van der Waals surface area contributed by atoms with E-state index in [1.165, 1.54) is 0 Å². The zero-order valence-electron chi connectivity index (χ0n) is 16.3. The second-order valence-corrected chi connectivity index (χ2v) is 6.11. The normalized spacial score (nSPS) is 12.3. The van der Waals surface area contributed by atoms with Crippen molar-refractivity contribution >= 4 is 29.9 Å². The van der Waals surface area contributed by atoms with Crippen molar-refractivity contribution in [1.29, 1.82) is 0 Å². The maximum Gasteiger partial charge on any atom is 0.216 e. The lowest BCUT2D eigenvalue weighted by Crippen LogP contribution is -2.42. The van der Waals surface area contributed by atoms with Crippen LogP contribution in [0.5, 0.6) is 5.75 Å². The molecule has 8 heteroatoms. The summed E-state index contributed by atoms with van der Waals surface area (Å²) >= 11 is 0. The number of rotatable bonds is 8. The minimum absolute atomic E-state index is 0. The van der Waals surface area contributed by atoms with Gasteiger partial charge in [0.15, 0.2) is 5.96 Å². The van der Waals surface area contributed by atoms with E-state index in [2.05, 4.69) is 20.6 Å². The molecule has 0 fully saturated rings. The Kier molecular flexibility index (Phi) is 10.2. The van der Waals surface area contributed by atoms with Crippen LogP contribution in [0.15, 0.2) is 33.7 Å². The molecule has 0 saturated carbocycles. The monoisotopic (exact) mass is 488 g/mol. The lowest BCUT2D eigenvalue weighted by molar-refractivity contribution is 0.110. The van der Waals surface area contributed by atoms with E-state index in [4.69, 9.17) is 9.15 Å². The molecule has 150 valence electrons. The fraction of sp³-hybridized carbons (Fsp3) is 0.474. The number of nitrogens with one attached hydrogen (secondary N) is 2. The van der Waals surface area contributed by atoms with E-state index in [1.54, 1.807) is 0 Å². The van der Waals surface area contributed by atoms with Gasteiger partial charge in [-0.15, -0.1) is 24.0 Å². The van der Waals surface area contributed by atoms with E-state index in [9.17, 15) is 5.11 Å². The Morgan fingerprint density at radius 3 is 2.70 bits per heavy atom. The van der Waals surface area contributed by atoms with Crippen LogP contribution >= 0.6 is 24.0 Å². The van der Waals surface area contributed by atoms with Gasteiger partial charge in [-0.05, 0) is 45.4 Å². The van der Waals surface area contributed by atoms with E-state index >= 15 is 0 Å². The van der Waals surface area contributed by atoms with Crippen molar-refractivity contribution in [3.63, 3.8) is 0 Å². The number of aryl methyl sites for hydroxylation is 3. The molecule has 0 spiro atoms. The lowest BCUT2D eigenvalue weighted by Gasteiger charge is -2.16. The number of ether oxygens (including phenoxy) is 1. The summed E-state index contributed by atoms with van der Waals surface area (Å²) < 4.78 is 11.1. The Hall–Kier alpha value is -1.81. The first-order valence-electron chi connectivity index (χ1n) is 8.80. The summed E-state index contributed by atoms with van der Waals surface area (Å²) in [6.07, 6.45) is -0.661. The SMILES string of the molecule is CCNC(=NCc1nc(C)c(C)o1)NCC(O)COc1cccc(C)c1.I. The van der Waals surface area contributed by atoms with Crippen LogP contribution in [0.4, 0.5) is 0 Å². The van der Waals surface area contributed by atoms with Gasteiger partial charge < -0.3 is 24.9 Å². The maximum absolute atomic E-state index is 10.1. The fourth-order valence-corrected chi connectivity index (χ4v) is 2.27. The summed E-state index contributed by atoms with van der Waals surface area (Å²) in [6.45, 7) is 9.33. The summed E-state index contributed by atoms with van der Waals surface area (Å²) in [7, 11) is 0. The zero-order chi connectivity index (χ0) is 18.9. The van der Waals surface area contributed by atoms with Gasteiger partial charge in [0.25, 0.3) is 0 Å². The molecule has 7 nitrogen and oxygen atoms in total. The number of guanidine groups is 1. The van der Waals surface area contributed by atoms with Gasteiger partial charge in [-0.3, -0.25) is 0 Å². The highest BCUT2D eigenvalue weighted by Crippen LogP contribution is 2.12.